The van der Waals surface area contributed by atoms with Crippen LogP contribution in [0.25, 0.3) is 0 Å². The fourth-order valence-electron chi connectivity index (χ4n) is 3.23. The molecule has 1 amide bonds. The average Bonchev–Trinajstić information content (AvgIpc) is 2.74. The minimum Gasteiger partial charge on any atom is -0.493 e. The fourth-order valence-corrected chi connectivity index (χ4v) is 3.23. The van der Waals surface area contributed by atoms with Crippen molar-refractivity contribution >= 4 is 6.09 Å². The Hall–Kier alpha value is -1.71. The van der Waals surface area contributed by atoms with Crippen molar-refractivity contribution in [2.24, 2.45) is 5.92 Å². The molecule has 3 rings (SSSR count). The van der Waals surface area contributed by atoms with Gasteiger partial charge >= 0.3 is 6.09 Å². The number of ether oxygens (including phenoxy) is 2. The molecule has 0 spiro atoms. The molecule has 1 aromatic rings. The number of rotatable bonds is 0. The third kappa shape index (κ3) is 2.99. The van der Waals surface area contributed by atoms with Gasteiger partial charge in [0.2, 0.25) is 0 Å². The van der Waals surface area contributed by atoms with Gasteiger partial charge in [-0.15, -0.1) is 0 Å². The van der Waals surface area contributed by atoms with Gasteiger partial charge in [0.05, 0.1) is 6.61 Å². The van der Waals surface area contributed by atoms with Crippen molar-refractivity contribution in [1.29, 1.82) is 0 Å². The summed E-state index contributed by atoms with van der Waals surface area (Å²) in [6.45, 7) is 7.92. The van der Waals surface area contributed by atoms with Crippen LogP contribution in [0.5, 0.6) is 5.75 Å². The van der Waals surface area contributed by atoms with Crippen molar-refractivity contribution < 1.29 is 14.3 Å². The Morgan fingerprint density at radius 1 is 1.29 bits per heavy atom. The van der Waals surface area contributed by atoms with E-state index >= 15 is 0 Å². The molecule has 0 unspecified atom stereocenters. The Morgan fingerprint density at radius 3 is 2.81 bits per heavy atom. The summed E-state index contributed by atoms with van der Waals surface area (Å²) in [6, 6.07) is 8.19. The van der Waals surface area contributed by atoms with E-state index in [1.807, 2.05) is 43.9 Å². The van der Waals surface area contributed by atoms with Crippen LogP contribution in [0.1, 0.15) is 38.7 Å². The highest BCUT2D eigenvalue weighted by Gasteiger charge is 2.40. The summed E-state index contributed by atoms with van der Waals surface area (Å²) < 4.78 is 11.3. The summed E-state index contributed by atoms with van der Waals surface area (Å²) in [4.78, 5) is 14.1. The molecule has 0 bridgehead atoms. The molecule has 0 saturated carbocycles. The lowest BCUT2D eigenvalue weighted by molar-refractivity contribution is 0.0284. The van der Waals surface area contributed by atoms with E-state index in [9.17, 15) is 4.79 Å². The van der Waals surface area contributed by atoms with E-state index in [0.29, 0.717) is 11.8 Å². The zero-order valence-corrected chi connectivity index (χ0v) is 13.0. The van der Waals surface area contributed by atoms with Crippen LogP contribution in [0.15, 0.2) is 24.3 Å². The van der Waals surface area contributed by atoms with Gasteiger partial charge in [0.1, 0.15) is 11.4 Å². The van der Waals surface area contributed by atoms with Gasteiger partial charge in [0.25, 0.3) is 0 Å². The molecule has 21 heavy (non-hydrogen) atoms. The van der Waals surface area contributed by atoms with Crippen LogP contribution in [0, 0.1) is 5.92 Å². The predicted octanol–water partition coefficient (Wildman–Crippen LogP) is 3.42. The third-order valence-electron chi connectivity index (χ3n) is 4.16. The van der Waals surface area contributed by atoms with Crippen LogP contribution in [0.3, 0.4) is 0 Å². The van der Waals surface area contributed by atoms with Crippen LogP contribution in [-0.4, -0.2) is 36.3 Å². The van der Waals surface area contributed by atoms with Crippen molar-refractivity contribution in [2.45, 2.75) is 38.7 Å². The summed E-state index contributed by atoms with van der Waals surface area (Å²) in [5, 5.41) is 0. The van der Waals surface area contributed by atoms with E-state index < -0.39 is 5.60 Å². The second-order valence-electron chi connectivity index (χ2n) is 6.93. The first-order valence-electron chi connectivity index (χ1n) is 7.64. The van der Waals surface area contributed by atoms with E-state index in [2.05, 4.69) is 6.07 Å². The number of hydrogen-bond acceptors (Lipinski definition) is 3. The van der Waals surface area contributed by atoms with Gasteiger partial charge in [0, 0.05) is 19.0 Å². The first kappa shape index (κ1) is 14.2. The number of amides is 1. The van der Waals surface area contributed by atoms with Crippen molar-refractivity contribution in [3.8, 4) is 5.75 Å². The van der Waals surface area contributed by atoms with E-state index in [4.69, 9.17) is 9.47 Å². The second-order valence-corrected chi connectivity index (χ2v) is 6.93. The fraction of sp³-hybridized carbons (Fsp3) is 0.588. The Morgan fingerprint density at radius 2 is 2.05 bits per heavy atom. The van der Waals surface area contributed by atoms with E-state index in [1.165, 1.54) is 5.56 Å². The number of fused-ring (bicyclic) bond motifs is 3. The van der Waals surface area contributed by atoms with Crippen LogP contribution < -0.4 is 4.74 Å². The van der Waals surface area contributed by atoms with E-state index in [-0.39, 0.29) is 6.09 Å². The van der Waals surface area contributed by atoms with Crippen LogP contribution in [0.4, 0.5) is 4.79 Å². The average molecular weight is 289 g/mol. The first-order valence-corrected chi connectivity index (χ1v) is 7.64. The molecule has 2 heterocycles. The minimum absolute atomic E-state index is 0.200. The molecule has 0 aromatic heterocycles. The minimum atomic E-state index is -0.442. The van der Waals surface area contributed by atoms with Crippen LogP contribution in [0.2, 0.25) is 0 Å². The standard InChI is InChI=1S/C17H23NO3/c1-17(2,3)21-16(19)18-10-12-8-9-20-15-7-5-4-6-13(15)14(12)11-18/h4-7,12,14H,8-11H2,1-3H3/t12-,14-/m0/s1. The van der Waals surface area contributed by atoms with Crippen molar-refractivity contribution in [1.82, 2.24) is 4.90 Å². The molecule has 4 heteroatoms. The molecule has 0 radical (unpaired) electrons. The molecule has 2 atom stereocenters. The maximum absolute atomic E-state index is 12.3. The van der Waals surface area contributed by atoms with Gasteiger partial charge in [-0.1, -0.05) is 18.2 Å². The smallest absolute Gasteiger partial charge is 0.410 e. The third-order valence-corrected chi connectivity index (χ3v) is 4.16. The van der Waals surface area contributed by atoms with Gasteiger partial charge in [-0.3, -0.25) is 0 Å². The summed E-state index contributed by atoms with van der Waals surface area (Å²) in [5.41, 5.74) is 0.786. The summed E-state index contributed by atoms with van der Waals surface area (Å²) in [6.07, 6.45) is 0.785. The monoisotopic (exact) mass is 289 g/mol. The Balaban J connectivity index is 1.78. The first-order chi connectivity index (χ1) is 9.94. The van der Waals surface area contributed by atoms with E-state index in [1.54, 1.807) is 0 Å². The molecule has 1 saturated heterocycles. The maximum Gasteiger partial charge on any atom is 0.410 e. The molecule has 0 N–H and O–H groups in total. The highest BCUT2D eigenvalue weighted by atomic mass is 16.6. The van der Waals surface area contributed by atoms with Gasteiger partial charge in [0.15, 0.2) is 0 Å². The highest BCUT2D eigenvalue weighted by Crippen LogP contribution is 2.41. The molecule has 114 valence electrons. The van der Waals surface area contributed by atoms with Gasteiger partial charge < -0.3 is 14.4 Å². The SMILES string of the molecule is CC(C)(C)OC(=O)N1C[C@@H]2CCOc3ccccc3[C@H]2C1. The lowest BCUT2D eigenvalue weighted by Crippen LogP contribution is -2.35. The van der Waals surface area contributed by atoms with Crippen LogP contribution >= 0.6 is 0 Å². The molecule has 0 aliphatic carbocycles. The molecule has 4 nitrogen and oxygen atoms in total. The van der Waals surface area contributed by atoms with Crippen molar-refractivity contribution in [3.05, 3.63) is 29.8 Å². The maximum atomic E-state index is 12.3. The highest BCUT2D eigenvalue weighted by molar-refractivity contribution is 5.69. The predicted molar refractivity (Wildman–Crippen MR) is 80.6 cm³/mol. The van der Waals surface area contributed by atoms with Crippen molar-refractivity contribution in [3.63, 3.8) is 0 Å². The number of para-hydroxylation sites is 1. The number of carbonyl (C=O) groups is 1. The Kier molecular flexibility index (Phi) is 3.56. The van der Waals surface area contributed by atoms with Gasteiger partial charge in [-0.05, 0) is 44.7 Å². The van der Waals surface area contributed by atoms with Crippen molar-refractivity contribution in [2.75, 3.05) is 19.7 Å². The number of nitrogens with zero attached hydrogens (tertiary/aromatic N) is 1. The van der Waals surface area contributed by atoms with Gasteiger partial charge in [-0.25, -0.2) is 4.79 Å². The Labute approximate surface area is 126 Å². The number of likely N-dealkylation sites (tertiary alicyclic amines) is 1. The Bertz CT molecular complexity index is 535. The number of carbonyl (C=O) groups excluding carboxylic acids is 1. The lowest BCUT2D eigenvalue weighted by Gasteiger charge is -2.24. The molecule has 2 aliphatic heterocycles. The molecule has 2 aliphatic rings. The topological polar surface area (TPSA) is 38.8 Å². The largest absolute Gasteiger partial charge is 0.493 e. The summed E-state index contributed by atoms with van der Waals surface area (Å²) in [5.74, 6) is 1.79. The molecule has 1 fully saturated rings. The quantitative estimate of drug-likeness (QED) is 0.734. The molecular formula is C17H23NO3. The zero-order chi connectivity index (χ0) is 15.0. The van der Waals surface area contributed by atoms with Crippen LogP contribution in [-0.2, 0) is 4.74 Å². The van der Waals surface area contributed by atoms with Gasteiger partial charge in [-0.2, -0.15) is 0 Å². The summed E-state index contributed by atoms with van der Waals surface area (Å²) in [7, 11) is 0. The normalized spacial score (nSPS) is 24.6. The lowest BCUT2D eigenvalue weighted by atomic mass is 9.87. The number of hydrogen-bond donors (Lipinski definition) is 0. The zero-order valence-electron chi connectivity index (χ0n) is 13.0. The molecular weight excluding hydrogens is 266 g/mol. The number of benzene rings is 1. The summed E-state index contributed by atoms with van der Waals surface area (Å²) >= 11 is 0. The molecule has 1 aromatic carbocycles. The second kappa shape index (κ2) is 5.24. The van der Waals surface area contributed by atoms with E-state index in [0.717, 1.165) is 31.9 Å².